The predicted molar refractivity (Wildman–Crippen MR) is 125 cm³/mol. The second-order valence-electron chi connectivity index (χ2n) is 7.60. The Morgan fingerprint density at radius 1 is 1.09 bits per heavy atom. The zero-order valence-electron chi connectivity index (χ0n) is 18.2. The number of hydrogen-bond acceptors (Lipinski definition) is 7. The number of tetrazole rings is 1. The van der Waals surface area contributed by atoms with Gasteiger partial charge in [-0.2, -0.15) is 0 Å². The number of hydrogen-bond donors (Lipinski definition) is 2. The average molecular weight is 466 g/mol. The van der Waals surface area contributed by atoms with Crippen LogP contribution in [0.2, 0.25) is 0 Å². The Balaban J connectivity index is 1.32. The number of carbonyl (C=O) groups is 3. The van der Waals surface area contributed by atoms with E-state index in [1.165, 1.54) is 16.4 Å². The molecule has 3 amide bonds. The summed E-state index contributed by atoms with van der Waals surface area (Å²) in [7, 11) is 1.70. The highest BCUT2D eigenvalue weighted by Gasteiger charge is 2.23. The first-order valence-corrected chi connectivity index (χ1v) is 11.4. The molecular weight excluding hydrogens is 442 g/mol. The quantitative estimate of drug-likeness (QED) is 0.514. The normalized spacial score (nSPS) is 13.3. The zero-order chi connectivity index (χ0) is 23.4. The van der Waals surface area contributed by atoms with E-state index < -0.39 is 0 Å². The van der Waals surface area contributed by atoms with Crippen molar-refractivity contribution in [3.8, 4) is 0 Å². The molecule has 0 spiro atoms. The van der Waals surface area contributed by atoms with Gasteiger partial charge in [0.15, 0.2) is 0 Å². The summed E-state index contributed by atoms with van der Waals surface area (Å²) in [6.07, 6.45) is 1.44. The van der Waals surface area contributed by atoms with Gasteiger partial charge in [0, 0.05) is 42.6 Å². The van der Waals surface area contributed by atoms with Crippen LogP contribution in [0.5, 0.6) is 0 Å². The molecule has 33 heavy (non-hydrogen) atoms. The zero-order valence-corrected chi connectivity index (χ0v) is 19.1. The van der Waals surface area contributed by atoms with Crippen LogP contribution in [0, 0.1) is 6.92 Å². The van der Waals surface area contributed by atoms with E-state index in [2.05, 4.69) is 26.2 Å². The number of amides is 3. The maximum absolute atomic E-state index is 12.6. The second-order valence-corrected chi connectivity index (χ2v) is 8.55. The minimum absolute atomic E-state index is 0.131. The summed E-state index contributed by atoms with van der Waals surface area (Å²) in [5.41, 5.74) is 3.51. The van der Waals surface area contributed by atoms with Crippen LogP contribution in [0.4, 0.5) is 17.1 Å². The van der Waals surface area contributed by atoms with Crippen molar-refractivity contribution in [1.29, 1.82) is 0 Å². The van der Waals surface area contributed by atoms with Crippen molar-refractivity contribution in [3.63, 3.8) is 0 Å². The third-order valence-electron chi connectivity index (χ3n) is 5.16. The van der Waals surface area contributed by atoms with E-state index in [-0.39, 0.29) is 23.5 Å². The molecule has 10 nitrogen and oxygen atoms in total. The molecule has 0 unspecified atom stereocenters. The lowest BCUT2D eigenvalue weighted by molar-refractivity contribution is -0.117. The predicted octanol–water partition coefficient (Wildman–Crippen LogP) is 2.63. The fraction of sp³-hybridized carbons (Fsp3) is 0.273. The SMILES string of the molecule is Cc1cc(NC(=O)c2ccc(NC(=O)CSc3nnnn3C)cc2)ccc1N1CCCC1=O. The first-order chi connectivity index (χ1) is 15.9. The second kappa shape index (κ2) is 9.82. The number of thioether (sulfide) groups is 1. The Morgan fingerprint density at radius 3 is 2.48 bits per heavy atom. The molecule has 0 aliphatic carbocycles. The molecular formula is C22H23N7O3S. The Bertz CT molecular complexity index is 1190. The Kier molecular flexibility index (Phi) is 6.68. The van der Waals surface area contributed by atoms with Gasteiger partial charge in [-0.25, -0.2) is 4.68 Å². The van der Waals surface area contributed by atoms with Crippen molar-refractivity contribution in [2.75, 3.05) is 27.8 Å². The van der Waals surface area contributed by atoms with E-state index in [9.17, 15) is 14.4 Å². The monoisotopic (exact) mass is 465 g/mol. The molecule has 0 saturated carbocycles. The number of benzene rings is 2. The standard InChI is InChI=1S/C22H23N7O3S/c1-14-12-17(9-10-18(14)29-11-3-4-20(29)31)24-21(32)15-5-7-16(8-6-15)23-19(30)13-33-22-25-26-27-28(22)2/h5-10,12H,3-4,11,13H2,1-2H3,(H,23,30)(H,24,32). The molecule has 0 bridgehead atoms. The highest BCUT2D eigenvalue weighted by atomic mass is 32.2. The number of aromatic nitrogens is 4. The molecule has 3 aromatic rings. The molecule has 2 aromatic carbocycles. The van der Waals surface area contributed by atoms with Crippen molar-refractivity contribution in [3.05, 3.63) is 53.6 Å². The molecule has 4 rings (SSSR count). The van der Waals surface area contributed by atoms with Gasteiger partial charge in [0.05, 0.1) is 5.75 Å². The molecule has 170 valence electrons. The topological polar surface area (TPSA) is 122 Å². The number of nitrogens with one attached hydrogen (secondary N) is 2. The molecule has 1 saturated heterocycles. The van der Waals surface area contributed by atoms with Gasteiger partial charge in [0.2, 0.25) is 17.0 Å². The molecule has 0 radical (unpaired) electrons. The van der Waals surface area contributed by atoms with Crippen molar-refractivity contribution in [2.24, 2.45) is 7.05 Å². The highest BCUT2D eigenvalue weighted by molar-refractivity contribution is 7.99. The molecule has 1 aromatic heterocycles. The van der Waals surface area contributed by atoms with Crippen LogP contribution in [0.15, 0.2) is 47.6 Å². The van der Waals surface area contributed by atoms with E-state index >= 15 is 0 Å². The van der Waals surface area contributed by atoms with Crippen molar-refractivity contribution in [1.82, 2.24) is 20.2 Å². The third-order valence-corrected chi connectivity index (χ3v) is 6.17. The molecule has 11 heteroatoms. The molecule has 2 N–H and O–H groups in total. The Morgan fingerprint density at radius 2 is 1.85 bits per heavy atom. The first-order valence-electron chi connectivity index (χ1n) is 10.4. The highest BCUT2D eigenvalue weighted by Crippen LogP contribution is 2.27. The van der Waals surface area contributed by atoms with Crippen LogP contribution in [0.3, 0.4) is 0 Å². The lowest BCUT2D eigenvalue weighted by Crippen LogP contribution is -2.24. The van der Waals surface area contributed by atoms with Gasteiger partial charge in [-0.1, -0.05) is 11.8 Å². The van der Waals surface area contributed by atoms with Crippen molar-refractivity contribution in [2.45, 2.75) is 24.9 Å². The van der Waals surface area contributed by atoms with Gasteiger partial charge in [-0.3, -0.25) is 14.4 Å². The van der Waals surface area contributed by atoms with Crippen LogP contribution in [0.25, 0.3) is 0 Å². The van der Waals surface area contributed by atoms with Gasteiger partial charge in [0.25, 0.3) is 5.91 Å². The van der Waals surface area contributed by atoms with Crippen LogP contribution in [-0.4, -0.2) is 50.2 Å². The van der Waals surface area contributed by atoms with Gasteiger partial charge in [0.1, 0.15) is 0 Å². The van der Waals surface area contributed by atoms with E-state index in [1.54, 1.807) is 42.3 Å². The number of carbonyl (C=O) groups excluding carboxylic acids is 3. The fourth-order valence-corrected chi connectivity index (χ4v) is 4.17. The fourth-order valence-electron chi connectivity index (χ4n) is 3.52. The first kappa shape index (κ1) is 22.5. The van der Waals surface area contributed by atoms with Gasteiger partial charge >= 0.3 is 0 Å². The summed E-state index contributed by atoms with van der Waals surface area (Å²) in [5, 5.41) is 17.3. The Labute approximate surface area is 194 Å². The summed E-state index contributed by atoms with van der Waals surface area (Å²) >= 11 is 1.23. The lowest BCUT2D eigenvalue weighted by atomic mass is 10.1. The molecule has 2 heterocycles. The number of rotatable bonds is 7. The number of aryl methyl sites for hydroxylation is 2. The molecule has 0 atom stereocenters. The van der Waals surface area contributed by atoms with Crippen LogP contribution in [-0.2, 0) is 16.6 Å². The Hall–Kier alpha value is -3.73. The average Bonchev–Trinajstić information content (AvgIpc) is 3.40. The minimum Gasteiger partial charge on any atom is -0.325 e. The largest absolute Gasteiger partial charge is 0.325 e. The number of anilines is 3. The lowest BCUT2D eigenvalue weighted by Gasteiger charge is -2.19. The van der Waals surface area contributed by atoms with Crippen molar-refractivity contribution >= 4 is 46.5 Å². The van der Waals surface area contributed by atoms with Crippen LogP contribution < -0.4 is 15.5 Å². The number of nitrogens with zero attached hydrogens (tertiary/aromatic N) is 5. The summed E-state index contributed by atoms with van der Waals surface area (Å²) in [4.78, 5) is 38.6. The summed E-state index contributed by atoms with van der Waals surface area (Å²) in [6.45, 7) is 2.65. The van der Waals surface area contributed by atoms with E-state index in [0.717, 1.165) is 24.2 Å². The summed E-state index contributed by atoms with van der Waals surface area (Å²) in [6, 6.07) is 12.2. The van der Waals surface area contributed by atoms with Gasteiger partial charge < -0.3 is 15.5 Å². The van der Waals surface area contributed by atoms with Crippen molar-refractivity contribution < 1.29 is 14.4 Å². The minimum atomic E-state index is -0.261. The maximum Gasteiger partial charge on any atom is 0.255 e. The van der Waals surface area contributed by atoms with Crippen LogP contribution >= 0.6 is 11.8 Å². The smallest absolute Gasteiger partial charge is 0.255 e. The van der Waals surface area contributed by atoms with E-state index in [4.69, 9.17) is 0 Å². The molecule has 1 aliphatic rings. The van der Waals surface area contributed by atoms with E-state index in [1.807, 2.05) is 19.1 Å². The van der Waals surface area contributed by atoms with Gasteiger partial charge in [-0.15, -0.1) is 5.10 Å². The molecule has 1 fully saturated rings. The summed E-state index contributed by atoms with van der Waals surface area (Å²) in [5.74, 6) is -0.171. The third kappa shape index (κ3) is 5.37. The van der Waals surface area contributed by atoms with Crippen LogP contribution in [0.1, 0.15) is 28.8 Å². The molecule has 1 aliphatic heterocycles. The van der Waals surface area contributed by atoms with Gasteiger partial charge in [-0.05, 0) is 71.8 Å². The summed E-state index contributed by atoms with van der Waals surface area (Å²) < 4.78 is 1.49. The van der Waals surface area contributed by atoms with E-state index in [0.29, 0.717) is 28.5 Å². The maximum atomic E-state index is 12.6.